The fourth-order valence-corrected chi connectivity index (χ4v) is 3.63. The van der Waals surface area contributed by atoms with E-state index in [1.165, 1.54) is 28.8 Å². The summed E-state index contributed by atoms with van der Waals surface area (Å²) in [6, 6.07) is 13.0. The monoisotopic (exact) mass is 317 g/mol. The molecule has 0 spiro atoms. The Morgan fingerprint density at radius 2 is 2.18 bits per heavy atom. The molecule has 3 rings (SSSR count). The van der Waals surface area contributed by atoms with Gasteiger partial charge >= 0.3 is 0 Å². The second kappa shape index (κ2) is 7.88. The molecule has 0 fully saturated rings. The molecular formula is C18H23NO2S. The van der Waals surface area contributed by atoms with Crippen LogP contribution in [0, 0.1) is 0 Å². The molecule has 4 heteroatoms. The molecule has 2 atom stereocenters. The molecule has 0 radical (unpaired) electrons. The highest BCUT2D eigenvalue weighted by molar-refractivity contribution is 7.09. The van der Waals surface area contributed by atoms with E-state index >= 15 is 0 Å². The Hall–Kier alpha value is -1.20. The normalized spacial score (nSPS) is 18.9. The summed E-state index contributed by atoms with van der Waals surface area (Å²) in [6.07, 6.45) is 3.05. The average molecular weight is 317 g/mol. The second-order valence-electron chi connectivity index (χ2n) is 5.80. The van der Waals surface area contributed by atoms with Crippen LogP contribution in [0.1, 0.15) is 34.9 Å². The van der Waals surface area contributed by atoms with Gasteiger partial charge in [-0.1, -0.05) is 30.3 Å². The van der Waals surface area contributed by atoms with Gasteiger partial charge in [-0.3, -0.25) is 0 Å². The van der Waals surface area contributed by atoms with Crippen molar-refractivity contribution in [3.05, 3.63) is 57.8 Å². The van der Waals surface area contributed by atoms with Crippen LogP contribution >= 0.6 is 11.3 Å². The zero-order valence-corrected chi connectivity index (χ0v) is 13.5. The number of benzene rings is 1. The first-order valence-electron chi connectivity index (χ1n) is 7.92. The maximum atomic E-state index is 10.1. The number of nitrogens with one attached hydrogen (secondary N) is 1. The lowest BCUT2D eigenvalue weighted by Crippen LogP contribution is -2.34. The third kappa shape index (κ3) is 4.17. The van der Waals surface area contributed by atoms with E-state index < -0.39 is 6.10 Å². The van der Waals surface area contributed by atoms with Crippen molar-refractivity contribution < 1.29 is 9.84 Å². The minimum Gasteiger partial charge on any atom is -0.389 e. The van der Waals surface area contributed by atoms with Crippen LogP contribution in [-0.2, 0) is 17.8 Å². The van der Waals surface area contributed by atoms with E-state index in [4.69, 9.17) is 4.74 Å². The van der Waals surface area contributed by atoms with Crippen LogP contribution in [0.25, 0.3) is 0 Å². The van der Waals surface area contributed by atoms with Crippen molar-refractivity contribution in [1.29, 1.82) is 0 Å². The minimum atomic E-state index is -0.464. The van der Waals surface area contributed by atoms with Crippen molar-refractivity contribution >= 4 is 11.3 Å². The number of ether oxygens (including phenoxy) is 1. The molecule has 0 bridgehead atoms. The number of fused-ring (bicyclic) bond motifs is 1. The van der Waals surface area contributed by atoms with Crippen LogP contribution in [-0.4, -0.2) is 24.4 Å². The van der Waals surface area contributed by atoms with Gasteiger partial charge in [-0.05, 0) is 41.8 Å². The summed E-state index contributed by atoms with van der Waals surface area (Å²) in [7, 11) is 0. The van der Waals surface area contributed by atoms with Crippen LogP contribution in [0.3, 0.4) is 0 Å². The summed E-state index contributed by atoms with van der Waals surface area (Å²) in [5, 5.41) is 15.6. The van der Waals surface area contributed by atoms with Gasteiger partial charge in [0.25, 0.3) is 0 Å². The quantitative estimate of drug-likeness (QED) is 0.823. The summed E-state index contributed by atoms with van der Waals surface area (Å²) in [5.74, 6) is 0. The lowest BCUT2D eigenvalue weighted by Gasteiger charge is -2.27. The largest absolute Gasteiger partial charge is 0.389 e. The summed E-state index contributed by atoms with van der Waals surface area (Å²) in [5.41, 5.74) is 2.83. The van der Waals surface area contributed by atoms with Crippen LogP contribution in [0.15, 0.2) is 41.8 Å². The molecule has 1 aromatic heterocycles. The predicted octanol–water partition coefficient (Wildman–Crippen LogP) is 3.29. The number of hydrogen-bond acceptors (Lipinski definition) is 4. The maximum absolute atomic E-state index is 10.1. The maximum Gasteiger partial charge on any atom is 0.0898 e. The van der Waals surface area contributed by atoms with Gasteiger partial charge in [-0.15, -0.1) is 11.3 Å². The van der Waals surface area contributed by atoms with E-state index in [-0.39, 0.29) is 0 Å². The van der Waals surface area contributed by atoms with E-state index in [9.17, 15) is 5.11 Å². The molecule has 0 aliphatic heterocycles. The Bertz CT molecular complexity index is 570. The molecule has 1 aliphatic carbocycles. The minimum absolute atomic E-state index is 0.358. The third-order valence-corrected chi connectivity index (χ3v) is 4.95. The standard InChI is InChI=1S/C18H23NO2S/c20-15(12-21-13-16-7-4-10-22-16)11-19-18-9-3-6-14-5-1-2-8-17(14)18/h1-2,4-5,7-8,10,15,18-20H,3,6,9,11-13H2/t15-,18-/m1/s1. The van der Waals surface area contributed by atoms with E-state index in [0.29, 0.717) is 25.8 Å². The van der Waals surface area contributed by atoms with Crippen molar-refractivity contribution in [3.63, 3.8) is 0 Å². The van der Waals surface area contributed by atoms with Gasteiger partial charge in [0.1, 0.15) is 0 Å². The SMILES string of the molecule is O[C@H](CN[C@@H]1CCCc2ccccc21)COCc1cccs1. The van der Waals surface area contributed by atoms with E-state index in [0.717, 1.165) is 6.42 Å². The molecule has 1 heterocycles. The van der Waals surface area contributed by atoms with Crippen molar-refractivity contribution in [2.75, 3.05) is 13.2 Å². The Morgan fingerprint density at radius 1 is 1.27 bits per heavy atom. The van der Waals surface area contributed by atoms with Crippen molar-refractivity contribution in [2.24, 2.45) is 0 Å². The third-order valence-electron chi connectivity index (χ3n) is 4.10. The zero-order chi connectivity index (χ0) is 15.2. The number of hydrogen-bond donors (Lipinski definition) is 2. The van der Waals surface area contributed by atoms with Gasteiger partial charge in [0.05, 0.1) is 19.3 Å². The van der Waals surface area contributed by atoms with Gasteiger partial charge < -0.3 is 15.2 Å². The molecule has 0 amide bonds. The Morgan fingerprint density at radius 3 is 3.05 bits per heavy atom. The molecule has 0 saturated carbocycles. The van der Waals surface area contributed by atoms with Gasteiger partial charge in [-0.25, -0.2) is 0 Å². The molecular weight excluding hydrogens is 294 g/mol. The molecule has 1 aliphatic rings. The first-order chi connectivity index (χ1) is 10.8. The number of aryl methyl sites for hydroxylation is 1. The summed E-state index contributed by atoms with van der Waals surface area (Å²) < 4.78 is 5.57. The summed E-state index contributed by atoms with van der Waals surface area (Å²) >= 11 is 1.68. The fourth-order valence-electron chi connectivity index (χ4n) is 2.99. The summed E-state index contributed by atoms with van der Waals surface area (Å²) in [6.45, 7) is 1.53. The number of rotatable bonds is 7. The van der Waals surface area contributed by atoms with E-state index in [1.807, 2.05) is 17.5 Å². The lowest BCUT2D eigenvalue weighted by atomic mass is 9.88. The zero-order valence-electron chi connectivity index (χ0n) is 12.7. The first-order valence-corrected chi connectivity index (χ1v) is 8.80. The first kappa shape index (κ1) is 15.7. The Balaban J connectivity index is 1.42. The second-order valence-corrected chi connectivity index (χ2v) is 6.83. The molecule has 118 valence electrons. The Labute approximate surface area is 136 Å². The lowest BCUT2D eigenvalue weighted by molar-refractivity contribution is 0.0283. The highest BCUT2D eigenvalue weighted by atomic mass is 32.1. The highest BCUT2D eigenvalue weighted by Crippen LogP contribution is 2.29. The highest BCUT2D eigenvalue weighted by Gasteiger charge is 2.19. The number of aliphatic hydroxyl groups is 1. The van der Waals surface area contributed by atoms with Crippen molar-refractivity contribution in [2.45, 2.75) is 38.0 Å². The van der Waals surface area contributed by atoms with Crippen LogP contribution < -0.4 is 5.32 Å². The van der Waals surface area contributed by atoms with Gasteiger partial charge in [0.2, 0.25) is 0 Å². The van der Waals surface area contributed by atoms with Gasteiger partial charge in [-0.2, -0.15) is 0 Å². The van der Waals surface area contributed by atoms with Gasteiger partial charge in [0, 0.05) is 17.5 Å². The molecule has 0 unspecified atom stereocenters. The summed E-state index contributed by atoms with van der Waals surface area (Å²) in [4.78, 5) is 1.20. The number of aliphatic hydroxyl groups excluding tert-OH is 1. The van der Waals surface area contributed by atoms with Crippen LogP contribution in [0.2, 0.25) is 0 Å². The van der Waals surface area contributed by atoms with Gasteiger partial charge in [0.15, 0.2) is 0 Å². The molecule has 22 heavy (non-hydrogen) atoms. The molecule has 0 saturated heterocycles. The van der Waals surface area contributed by atoms with E-state index in [1.54, 1.807) is 11.3 Å². The molecule has 1 aromatic carbocycles. The average Bonchev–Trinajstić information content (AvgIpc) is 3.06. The number of thiophene rings is 1. The Kier molecular flexibility index (Phi) is 5.62. The van der Waals surface area contributed by atoms with Crippen molar-refractivity contribution in [3.8, 4) is 0 Å². The van der Waals surface area contributed by atoms with Crippen LogP contribution in [0.5, 0.6) is 0 Å². The topological polar surface area (TPSA) is 41.5 Å². The van der Waals surface area contributed by atoms with E-state index in [2.05, 4.69) is 29.6 Å². The predicted molar refractivity (Wildman–Crippen MR) is 90.1 cm³/mol. The molecule has 3 nitrogen and oxygen atoms in total. The van der Waals surface area contributed by atoms with Crippen LogP contribution in [0.4, 0.5) is 0 Å². The molecule has 2 N–H and O–H groups in total. The molecule has 2 aromatic rings. The van der Waals surface area contributed by atoms with Crippen molar-refractivity contribution in [1.82, 2.24) is 5.32 Å². The smallest absolute Gasteiger partial charge is 0.0898 e. The fraction of sp³-hybridized carbons (Fsp3) is 0.444.